The molecule has 0 amide bonds. The van der Waals surface area contributed by atoms with Crippen LogP contribution in [-0.4, -0.2) is 4.92 Å². The van der Waals surface area contributed by atoms with Gasteiger partial charge < -0.3 is 5.32 Å². The summed E-state index contributed by atoms with van der Waals surface area (Å²) in [6.07, 6.45) is 0. The van der Waals surface area contributed by atoms with Gasteiger partial charge in [-0.15, -0.1) is 0 Å². The molecular formula is C13H9Cl2FN2O2. The minimum Gasteiger partial charge on any atom is -0.381 e. The van der Waals surface area contributed by atoms with E-state index in [1.165, 1.54) is 30.3 Å². The summed E-state index contributed by atoms with van der Waals surface area (Å²) < 4.78 is 13.2. The van der Waals surface area contributed by atoms with Crippen molar-refractivity contribution in [2.45, 2.75) is 6.54 Å². The number of hydrogen-bond donors (Lipinski definition) is 1. The molecule has 2 aromatic rings. The number of anilines is 1. The largest absolute Gasteiger partial charge is 0.381 e. The van der Waals surface area contributed by atoms with Crippen LogP contribution in [0.4, 0.5) is 15.8 Å². The number of nitrogens with one attached hydrogen (secondary N) is 1. The number of nitro groups is 1. The highest BCUT2D eigenvalue weighted by Gasteiger charge is 2.16. The van der Waals surface area contributed by atoms with Crippen molar-refractivity contribution in [2.24, 2.45) is 0 Å². The van der Waals surface area contributed by atoms with Crippen LogP contribution in [0, 0.1) is 15.9 Å². The fourth-order valence-corrected chi connectivity index (χ4v) is 2.20. The van der Waals surface area contributed by atoms with E-state index < -0.39 is 10.7 Å². The Bertz CT molecular complexity index is 645. The molecule has 0 heterocycles. The Balaban J connectivity index is 2.25. The molecule has 0 radical (unpaired) electrons. The molecule has 2 rings (SSSR count). The van der Waals surface area contributed by atoms with Crippen LogP contribution in [0.2, 0.25) is 10.0 Å². The highest BCUT2D eigenvalue weighted by atomic mass is 35.5. The first kappa shape index (κ1) is 14.6. The molecule has 7 heteroatoms. The van der Waals surface area contributed by atoms with Crippen LogP contribution in [0.25, 0.3) is 0 Å². The molecule has 0 atom stereocenters. The fraction of sp³-hybridized carbons (Fsp3) is 0.0769. The number of hydrogen-bond acceptors (Lipinski definition) is 3. The first-order valence-electron chi connectivity index (χ1n) is 5.59. The standard InChI is InChI=1S/C13H9Cl2FN2O2/c14-8-4-9(16)6-10(5-8)17-7-11-12(15)2-1-3-13(11)18(19)20/h1-6,17H,7H2. The molecule has 0 aliphatic heterocycles. The second-order valence-corrected chi connectivity index (χ2v) is 4.85. The van der Waals surface area contributed by atoms with Crippen molar-refractivity contribution >= 4 is 34.6 Å². The number of nitrogens with zero attached hydrogens (tertiary/aromatic N) is 1. The summed E-state index contributed by atoms with van der Waals surface area (Å²) in [5, 5.41) is 14.3. The van der Waals surface area contributed by atoms with E-state index in [-0.39, 0.29) is 22.3 Å². The van der Waals surface area contributed by atoms with Gasteiger partial charge in [0, 0.05) is 23.3 Å². The van der Waals surface area contributed by atoms with Gasteiger partial charge in [-0.1, -0.05) is 29.3 Å². The minimum atomic E-state index is -0.512. The van der Waals surface area contributed by atoms with Gasteiger partial charge in [0.15, 0.2) is 0 Å². The number of nitro benzene ring substituents is 1. The highest BCUT2D eigenvalue weighted by molar-refractivity contribution is 6.31. The third-order valence-corrected chi connectivity index (χ3v) is 3.19. The molecule has 20 heavy (non-hydrogen) atoms. The van der Waals surface area contributed by atoms with Crippen LogP contribution >= 0.6 is 23.2 Å². The van der Waals surface area contributed by atoms with Crippen LogP contribution in [-0.2, 0) is 6.54 Å². The minimum absolute atomic E-state index is 0.0903. The molecule has 0 unspecified atom stereocenters. The lowest BCUT2D eigenvalue weighted by Crippen LogP contribution is -2.04. The summed E-state index contributed by atoms with van der Waals surface area (Å²) in [4.78, 5) is 10.4. The fourth-order valence-electron chi connectivity index (χ4n) is 1.74. The molecule has 0 saturated carbocycles. The van der Waals surface area contributed by atoms with Gasteiger partial charge >= 0.3 is 0 Å². The number of benzene rings is 2. The van der Waals surface area contributed by atoms with Crippen molar-refractivity contribution in [2.75, 3.05) is 5.32 Å². The van der Waals surface area contributed by atoms with Gasteiger partial charge in [0.25, 0.3) is 5.69 Å². The van der Waals surface area contributed by atoms with E-state index in [9.17, 15) is 14.5 Å². The second kappa shape index (κ2) is 6.07. The molecule has 0 saturated heterocycles. The Morgan fingerprint density at radius 1 is 1.25 bits per heavy atom. The Hall–Kier alpha value is -1.85. The average molecular weight is 315 g/mol. The van der Waals surface area contributed by atoms with Crippen LogP contribution < -0.4 is 5.32 Å². The Kier molecular flexibility index (Phi) is 4.42. The van der Waals surface area contributed by atoms with Gasteiger partial charge in [0.1, 0.15) is 5.82 Å². The van der Waals surface area contributed by atoms with Crippen LogP contribution in [0.1, 0.15) is 5.56 Å². The maximum absolute atomic E-state index is 13.2. The third kappa shape index (κ3) is 3.37. The second-order valence-electron chi connectivity index (χ2n) is 4.01. The molecule has 2 aromatic carbocycles. The highest BCUT2D eigenvalue weighted by Crippen LogP contribution is 2.27. The summed E-state index contributed by atoms with van der Waals surface area (Å²) in [7, 11) is 0. The molecule has 0 aliphatic carbocycles. The van der Waals surface area contributed by atoms with Crippen LogP contribution in [0.15, 0.2) is 36.4 Å². The molecule has 104 valence electrons. The van der Waals surface area contributed by atoms with Crippen LogP contribution in [0.3, 0.4) is 0 Å². The van der Waals surface area contributed by atoms with E-state index in [0.717, 1.165) is 0 Å². The summed E-state index contributed by atoms with van der Waals surface area (Å²) in [5.74, 6) is -0.492. The van der Waals surface area contributed by atoms with Crippen molar-refractivity contribution in [1.29, 1.82) is 0 Å². The lowest BCUT2D eigenvalue weighted by Gasteiger charge is -2.09. The summed E-state index contributed by atoms with van der Waals surface area (Å²) in [6.45, 7) is 0.0930. The molecule has 1 N–H and O–H groups in total. The zero-order chi connectivity index (χ0) is 14.7. The topological polar surface area (TPSA) is 55.2 Å². The zero-order valence-electron chi connectivity index (χ0n) is 10.1. The summed E-state index contributed by atoms with van der Waals surface area (Å²) in [6, 6.07) is 8.36. The smallest absolute Gasteiger partial charge is 0.275 e. The Labute approximate surface area is 124 Å². The van der Waals surface area contributed by atoms with E-state index in [4.69, 9.17) is 23.2 Å². The average Bonchev–Trinajstić information content (AvgIpc) is 2.35. The van der Waals surface area contributed by atoms with Crippen molar-refractivity contribution in [1.82, 2.24) is 0 Å². The SMILES string of the molecule is O=[N+]([O-])c1cccc(Cl)c1CNc1cc(F)cc(Cl)c1. The third-order valence-electron chi connectivity index (χ3n) is 2.62. The van der Waals surface area contributed by atoms with E-state index >= 15 is 0 Å². The van der Waals surface area contributed by atoms with Crippen LogP contribution in [0.5, 0.6) is 0 Å². The molecule has 0 aliphatic rings. The molecule has 0 aromatic heterocycles. The van der Waals surface area contributed by atoms with E-state index in [2.05, 4.69) is 5.32 Å². The maximum atomic E-state index is 13.2. The summed E-state index contributed by atoms with van der Waals surface area (Å²) in [5.41, 5.74) is 0.663. The predicted octanol–water partition coefficient (Wildman–Crippen LogP) is 4.65. The van der Waals surface area contributed by atoms with Gasteiger partial charge in [-0.25, -0.2) is 4.39 Å². The Morgan fingerprint density at radius 3 is 2.65 bits per heavy atom. The first-order chi connectivity index (χ1) is 9.47. The van der Waals surface area contributed by atoms with Gasteiger partial charge in [0.05, 0.1) is 15.5 Å². The van der Waals surface area contributed by atoms with Gasteiger partial charge in [-0.2, -0.15) is 0 Å². The van der Waals surface area contributed by atoms with Gasteiger partial charge in [0.2, 0.25) is 0 Å². The lowest BCUT2D eigenvalue weighted by atomic mass is 10.1. The van der Waals surface area contributed by atoms with Crippen molar-refractivity contribution in [3.8, 4) is 0 Å². The monoisotopic (exact) mass is 314 g/mol. The molecule has 4 nitrogen and oxygen atoms in total. The van der Waals surface area contributed by atoms with E-state index in [0.29, 0.717) is 11.3 Å². The Morgan fingerprint density at radius 2 is 2.00 bits per heavy atom. The summed E-state index contributed by atoms with van der Waals surface area (Å²) >= 11 is 11.7. The normalized spacial score (nSPS) is 10.3. The van der Waals surface area contributed by atoms with E-state index in [1.54, 1.807) is 6.07 Å². The number of halogens is 3. The van der Waals surface area contributed by atoms with Gasteiger partial charge in [-0.3, -0.25) is 10.1 Å². The maximum Gasteiger partial charge on any atom is 0.275 e. The molecule has 0 bridgehead atoms. The number of rotatable bonds is 4. The van der Waals surface area contributed by atoms with Crippen molar-refractivity contribution in [3.05, 3.63) is 67.9 Å². The predicted molar refractivity (Wildman–Crippen MR) is 76.8 cm³/mol. The molecule has 0 spiro atoms. The van der Waals surface area contributed by atoms with Gasteiger partial charge in [-0.05, 0) is 24.3 Å². The first-order valence-corrected chi connectivity index (χ1v) is 6.34. The van der Waals surface area contributed by atoms with E-state index in [1.807, 2.05) is 0 Å². The molecule has 0 fully saturated rings. The van der Waals surface area contributed by atoms with Crippen molar-refractivity contribution in [3.63, 3.8) is 0 Å². The lowest BCUT2D eigenvalue weighted by molar-refractivity contribution is -0.385. The zero-order valence-corrected chi connectivity index (χ0v) is 11.6. The van der Waals surface area contributed by atoms with Crippen molar-refractivity contribution < 1.29 is 9.31 Å². The molecular weight excluding hydrogens is 306 g/mol. The quantitative estimate of drug-likeness (QED) is 0.660.